The van der Waals surface area contributed by atoms with Gasteiger partial charge in [-0.15, -0.1) is 0 Å². The van der Waals surface area contributed by atoms with Gasteiger partial charge in [0.15, 0.2) is 0 Å². The van der Waals surface area contributed by atoms with E-state index in [2.05, 4.69) is 17.2 Å². The van der Waals surface area contributed by atoms with Crippen molar-refractivity contribution in [3.63, 3.8) is 0 Å². The molecule has 6 heteroatoms. The molecular formula is C23H25N3O3. The van der Waals surface area contributed by atoms with Gasteiger partial charge in [-0.1, -0.05) is 19.1 Å². The Balaban J connectivity index is 1.71. The largest absolute Gasteiger partial charge is 0.491 e. The molecule has 3 N–H and O–H groups in total. The van der Waals surface area contributed by atoms with E-state index in [1.165, 1.54) is 0 Å². The predicted octanol–water partition coefficient (Wildman–Crippen LogP) is 5.19. The van der Waals surface area contributed by atoms with E-state index in [0.717, 1.165) is 17.9 Å². The van der Waals surface area contributed by atoms with Gasteiger partial charge in [0.1, 0.15) is 23.1 Å². The summed E-state index contributed by atoms with van der Waals surface area (Å²) in [6, 6.07) is 18.0. The number of carbonyl (C=O) groups is 1. The van der Waals surface area contributed by atoms with Gasteiger partial charge in [-0.2, -0.15) is 0 Å². The molecular weight excluding hydrogens is 366 g/mol. The van der Waals surface area contributed by atoms with Gasteiger partial charge >= 0.3 is 0 Å². The molecule has 0 spiro atoms. The van der Waals surface area contributed by atoms with Crippen molar-refractivity contribution in [3.05, 3.63) is 71.9 Å². The summed E-state index contributed by atoms with van der Waals surface area (Å²) < 4.78 is 11.8. The number of nitrogens with zero attached hydrogens (tertiary/aromatic N) is 1. The molecule has 0 saturated heterocycles. The molecule has 1 unspecified atom stereocenters. The lowest BCUT2D eigenvalue weighted by atomic mass is 10.2. The summed E-state index contributed by atoms with van der Waals surface area (Å²) in [5.41, 5.74) is 7.54. The van der Waals surface area contributed by atoms with Gasteiger partial charge in [0.2, 0.25) is 0 Å². The van der Waals surface area contributed by atoms with Crippen LogP contribution in [-0.2, 0) is 0 Å². The number of hydrogen-bond acceptors (Lipinski definition) is 5. The molecule has 0 saturated carbocycles. The molecule has 0 aliphatic rings. The minimum atomic E-state index is -0.323. The van der Waals surface area contributed by atoms with E-state index in [-0.39, 0.29) is 17.8 Å². The molecule has 150 valence electrons. The van der Waals surface area contributed by atoms with Crippen LogP contribution in [-0.4, -0.2) is 17.0 Å². The van der Waals surface area contributed by atoms with E-state index in [1.807, 2.05) is 44.2 Å². The molecule has 1 aromatic heterocycles. The van der Waals surface area contributed by atoms with Crippen LogP contribution >= 0.6 is 0 Å². The zero-order valence-corrected chi connectivity index (χ0v) is 16.8. The van der Waals surface area contributed by atoms with Gasteiger partial charge in [0.05, 0.1) is 11.7 Å². The second-order valence-electron chi connectivity index (χ2n) is 6.78. The number of aromatic nitrogens is 1. The molecule has 1 amide bonds. The van der Waals surface area contributed by atoms with E-state index in [0.29, 0.717) is 22.7 Å². The number of amides is 1. The molecule has 2 aromatic carbocycles. The van der Waals surface area contributed by atoms with Crippen molar-refractivity contribution in [3.8, 4) is 17.2 Å². The highest BCUT2D eigenvalue weighted by Crippen LogP contribution is 2.28. The fraction of sp³-hybridized carbons (Fsp3) is 0.217. The Kier molecular flexibility index (Phi) is 6.34. The SMILES string of the molecule is CCC(C)Oc1cccc(Oc2cccc(NC(=O)c3ccc(C)nc3N)c2)c1. The molecule has 0 radical (unpaired) electrons. The molecule has 1 atom stereocenters. The van der Waals surface area contributed by atoms with Crippen molar-refractivity contribution in [2.75, 3.05) is 11.1 Å². The number of pyridine rings is 1. The summed E-state index contributed by atoms with van der Waals surface area (Å²) in [7, 11) is 0. The molecule has 1 heterocycles. The first-order chi connectivity index (χ1) is 13.9. The molecule has 0 aliphatic heterocycles. The highest BCUT2D eigenvalue weighted by atomic mass is 16.5. The maximum atomic E-state index is 12.5. The number of nitrogens with one attached hydrogen (secondary N) is 1. The quantitative estimate of drug-likeness (QED) is 0.578. The summed E-state index contributed by atoms with van der Waals surface area (Å²) in [6.07, 6.45) is 1.06. The third kappa shape index (κ3) is 5.48. The van der Waals surface area contributed by atoms with Gasteiger partial charge in [0.25, 0.3) is 5.91 Å². The zero-order chi connectivity index (χ0) is 20.8. The van der Waals surface area contributed by atoms with E-state index in [4.69, 9.17) is 15.2 Å². The molecule has 3 rings (SSSR count). The first-order valence-corrected chi connectivity index (χ1v) is 9.53. The Morgan fingerprint density at radius 1 is 1.07 bits per heavy atom. The Bertz CT molecular complexity index is 1000. The minimum absolute atomic E-state index is 0.132. The topological polar surface area (TPSA) is 86.5 Å². The van der Waals surface area contributed by atoms with Gasteiger partial charge < -0.3 is 20.5 Å². The van der Waals surface area contributed by atoms with Crippen molar-refractivity contribution in [2.24, 2.45) is 0 Å². The Labute approximate surface area is 170 Å². The number of rotatable bonds is 7. The van der Waals surface area contributed by atoms with Crippen LogP contribution in [0.2, 0.25) is 0 Å². The second kappa shape index (κ2) is 9.10. The Hall–Kier alpha value is -3.54. The zero-order valence-electron chi connectivity index (χ0n) is 16.8. The second-order valence-corrected chi connectivity index (χ2v) is 6.78. The van der Waals surface area contributed by atoms with Crippen LogP contribution in [0.5, 0.6) is 17.2 Å². The number of carbonyl (C=O) groups excluding carboxylic acids is 1. The van der Waals surface area contributed by atoms with Gasteiger partial charge in [-0.3, -0.25) is 4.79 Å². The number of nitrogens with two attached hydrogens (primary N) is 1. The van der Waals surface area contributed by atoms with Crippen LogP contribution in [0.15, 0.2) is 60.7 Å². The van der Waals surface area contributed by atoms with E-state index in [1.54, 1.807) is 30.3 Å². The van der Waals surface area contributed by atoms with E-state index >= 15 is 0 Å². The number of ether oxygens (including phenoxy) is 2. The van der Waals surface area contributed by atoms with E-state index < -0.39 is 0 Å². The Morgan fingerprint density at radius 2 is 1.76 bits per heavy atom. The van der Waals surface area contributed by atoms with Crippen molar-refractivity contribution in [1.82, 2.24) is 4.98 Å². The lowest BCUT2D eigenvalue weighted by Crippen LogP contribution is -2.15. The van der Waals surface area contributed by atoms with Crippen LogP contribution < -0.4 is 20.5 Å². The third-order valence-electron chi connectivity index (χ3n) is 4.35. The number of aryl methyl sites for hydroxylation is 1. The molecule has 6 nitrogen and oxygen atoms in total. The van der Waals surface area contributed by atoms with Gasteiger partial charge in [-0.05, 0) is 56.7 Å². The summed E-state index contributed by atoms with van der Waals surface area (Å²) in [5.74, 6) is 1.88. The molecule has 3 aromatic rings. The number of nitrogen functional groups attached to an aromatic ring is 1. The van der Waals surface area contributed by atoms with Crippen molar-refractivity contribution in [1.29, 1.82) is 0 Å². The maximum Gasteiger partial charge on any atom is 0.259 e. The minimum Gasteiger partial charge on any atom is -0.491 e. The molecule has 29 heavy (non-hydrogen) atoms. The summed E-state index contributed by atoms with van der Waals surface area (Å²) in [5, 5.41) is 2.83. The average molecular weight is 391 g/mol. The summed E-state index contributed by atoms with van der Waals surface area (Å²) in [4.78, 5) is 16.6. The number of anilines is 2. The monoisotopic (exact) mass is 391 g/mol. The van der Waals surface area contributed by atoms with Crippen molar-refractivity contribution < 1.29 is 14.3 Å². The lowest BCUT2D eigenvalue weighted by Gasteiger charge is -2.14. The van der Waals surface area contributed by atoms with E-state index in [9.17, 15) is 4.79 Å². The lowest BCUT2D eigenvalue weighted by molar-refractivity contribution is 0.102. The molecule has 0 aliphatic carbocycles. The number of benzene rings is 2. The smallest absolute Gasteiger partial charge is 0.259 e. The summed E-state index contributed by atoms with van der Waals surface area (Å²) in [6.45, 7) is 5.92. The van der Waals surface area contributed by atoms with Crippen LogP contribution in [0.3, 0.4) is 0 Å². The number of hydrogen-bond donors (Lipinski definition) is 2. The third-order valence-corrected chi connectivity index (χ3v) is 4.35. The normalized spacial score (nSPS) is 11.6. The maximum absolute atomic E-state index is 12.5. The Morgan fingerprint density at radius 3 is 2.48 bits per heavy atom. The van der Waals surface area contributed by atoms with Crippen molar-refractivity contribution >= 4 is 17.4 Å². The summed E-state index contributed by atoms with van der Waals surface area (Å²) >= 11 is 0. The fourth-order valence-electron chi connectivity index (χ4n) is 2.67. The highest BCUT2D eigenvalue weighted by molar-refractivity contribution is 6.07. The van der Waals surface area contributed by atoms with Crippen LogP contribution in [0.4, 0.5) is 11.5 Å². The van der Waals surface area contributed by atoms with Crippen LogP contribution in [0, 0.1) is 6.92 Å². The fourth-order valence-corrected chi connectivity index (χ4v) is 2.67. The highest BCUT2D eigenvalue weighted by Gasteiger charge is 2.12. The van der Waals surface area contributed by atoms with Gasteiger partial charge in [0, 0.05) is 23.5 Å². The first kappa shape index (κ1) is 20.2. The van der Waals surface area contributed by atoms with Crippen LogP contribution in [0.1, 0.15) is 36.3 Å². The first-order valence-electron chi connectivity index (χ1n) is 9.53. The van der Waals surface area contributed by atoms with Crippen molar-refractivity contribution in [2.45, 2.75) is 33.3 Å². The standard InChI is InChI=1S/C23H25N3O3/c1-4-16(3)28-19-9-6-10-20(14-19)29-18-8-5-7-17(13-18)26-23(27)21-12-11-15(2)25-22(21)24/h5-14,16H,4H2,1-3H3,(H2,24,25)(H,26,27). The average Bonchev–Trinajstić information content (AvgIpc) is 2.68. The van der Waals surface area contributed by atoms with Crippen LogP contribution in [0.25, 0.3) is 0 Å². The molecule has 0 fully saturated rings. The molecule has 0 bridgehead atoms. The predicted molar refractivity (Wildman–Crippen MR) is 115 cm³/mol. The van der Waals surface area contributed by atoms with Gasteiger partial charge in [-0.25, -0.2) is 4.98 Å².